The highest BCUT2D eigenvalue weighted by molar-refractivity contribution is 7.91. The molecule has 1 atom stereocenters. The largest absolute Gasteiger partial charge is 0.321 e. The lowest BCUT2D eigenvalue weighted by Gasteiger charge is -2.12. The van der Waals surface area contributed by atoms with E-state index in [2.05, 4.69) is 10.4 Å². The van der Waals surface area contributed by atoms with E-state index in [0.717, 1.165) is 18.5 Å². The third-order valence-corrected chi connectivity index (χ3v) is 7.67. The number of anilines is 1. The van der Waals surface area contributed by atoms with Crippen molar-refractivity contribution in [2.45, 2.75) is 36.1 Å². The monoisotopic (exact) mass is 424 g/mol. The highest BCUT2D eigenvalue weighted by Gasteiger charge is 2.36. The maximum absolute atomic E-state index is 12.6. The zero-order chi connectivity index (χ0) is 20.1. The van der Waals surface area contributed by atoms with Gasteiger partial charge in [0.2, 0.25) is 10.0 Å². The molecule has 2 heterocycles. The van der Waals surface area contributed by atoms with Crippen LogP contribution in [0.25, 0.3) is 0 Å². The molecule has 1 aromatic heterocycles. The van der Waals surface area contributed by atoms with Crippen LogP contribution >= 0.6 is 0 Å². The summed E-state index contributed by atoms with van der Waals surface area (Å²) in [7, 11) is -6.86. The standard InChI is InChI=1S/C17H20N4O5S2/c18-28(25,26)14-5-3-12(4-6-14)19-17(22)15-9-16(11-1-2-11)21(20-15)13-7-8-27(23,24)10-13/h3-6,9,11,13H,1-2,7-8,10H2,(H,19,22)(H2,18,25,26). The van der Waals surface area contributed by atoms with Crippen LogP contribution < -0.4 is 10.5 Å². The molecule has 1 saturated heterocycles. The maximum Gasteiger partial charge on any atom is 0.276 e. The van der Waals surface area contributed by atoms with Gasteiger partial charge in [-0.15, -0.1) is 0 Å². The van der Waals surface area contributed by atoms with Crippen molar-refractivity contribution in [3.05, 3.63) is 41.7 Å². The van der Waals surface area contributed by atoms with E-state index in [9.17, 15) is 21.6 Å². The molecule has 1 aromatic carbocycles. The summed E-state index contributed by atoms with van der Waals surface area (Å²) < 4.78 is 48.0. The summed E-state index contributed by atoms with van der Waals surface area (Å²) in [5.41, 5.74) is 1.52. The molecule has 0 spiro atoms. The number of rotatable bonds is 5. The molecule has 150 valence electrons. The zero-order valence-corrected chi connectivity index (χ0v) is 16.5. The van der Waals surface area contributed by atoms with Crippen LogP contribution in [0.4, 0.5) is 5.69 Å². The Hall–Kier alpha value is -2.24. The van der Waals surface area contributed by atoms with Crippen molar-refractivity contribution in [2.75, 3.05) is 16.8 Å². The molecule has 1 aliphatic heterocycles. The molecule has 0 bridgehead atoms. The lowest BCUT2D eigenvalue weighted by atomic mass is 10.2. The van der Waals surface area contributed by atoms with Crippen LogP contribution in [-0.2, 0) is 19.9 Å². The number of hydrogen-bond acceptors (Lipinski definition) is 6. The molecule has 2 fully saturated rings. The third kappa shape index (κ3) is 3.96. The highest BCUT2D eigenvalue weighted by atomic mass is 32.2. The summed E-state index contributed by atoms with van der Waals surface area (Å²) in [5, 5.41) is 12.1. The van der Waals surface area contributed by atoms with Crippen LogP contribution in [0.5, 0.6) is 0 Å². The first kappa shape index (κ1) is 19.1. The van der Waals surface area contributed by atoms with Gasteiger partial charge in [0.15, 0.2) is 15.5 Å². The van der Waals surface area contributed by atoms with Crippen LogP contribution in [0.3, 0.4) is 0 Å². The number of benzene rings is 1. The number of nitrogens with one attached hydrogen (secondary N) is 1. The Kier molecular flexibility index (Phi) is 4.55. The van der Waals surface area contributed by atoms with Gasteiger partial charge in [-0.1, -0.05) is 0 Å². The van der Waals surface area contributed by atoms with E-state index < -0.39 is 25.8 Å². The van der Waals surface area contributed by atoms with Crippen LogP contribution in [0.2, 0.25) is 0 Å². The summed E-state index contributed by atoms with van der Waals surface area (Å²) in [4.78, 5) is 12.6. The molecule has 9 nitrogen and oxygen atoms in total. The average Bonchev–Trinajstić information content (AvgIpc) is 3.25. The second-order valence-corrected chi connectivity index (χ2v) is 11.0. The van der Waals surface area contributed by atoms with Crippen molar-refractivity contribution in [3.8, 4) is 0 Å². The van der Waals surface area contributed by atoms with E-state index in [1.54, 1.807) is 10.7 Å². The molecule has 4 rings (SSSR count). The highest BCUT2D eigenvalue weighted by Crippen LogP contribution is 2.42. The van der Waals surface area contributed by atoms with Gasteiger partial charge in [0.25, 0.3) is 5.91 Å². The van der Waals surface area contributed by atoms with Crippen molar-refractivity contribution < 1.29 is 21.6 Å². The van der Waals surface area contributed by atoms with Crippen molar-refractivity contribution >= 4 is 31.5 Å². The Morgan fingerprint density at radius 3 is 2.39 bits per heavy atom. The number of sulfonamides is 1. The molecule has 28 heavy (non-hydrogen) atoms. The minimum Gasteiger partial charge on any atom is -0.321 e. The normalized spacial score (nSPS) is 21.5. The molecular formula is C17H20N4O5S2. The van der Waals surface area contributed by atoms with Crippen molar-refractivity contribution in [1.82, 2.24) is 9.78 Å². The lowest BCUT2D eigenvalue weighted by molar-refractivity contribution is 0.102. The third-order valence-electron chi connectivity index (χ3n) is 4.99. The zero-order valence-electron chi connectivity index (χ0n) is 14.9. The molecule has 1 unspecified atom stereocenters. The Balaban J connectivity index is 1.56. The molecule has 2 aromatic rings. The van der Waals surface area contributed by atoms with Gasteiger partial charge in [-0.2, -0.15) is 5.10 Å². The minimum atomic E-state index is -3.80. The van der Waals surface area contributed by atoms with Gasteiger partial charge in [-0.3, -0.25) is 9.48 Å². The first-order valence-electron chi connectivity index (χ1n) is 8.86. The Labute approximate surface area is 162 Å². The van der Waals surface area contributed by atoms with Crippen LogP contribution in [-0.4, -0.2) is 44.0 Å². The lowest BCUT2D eigenvalue weighted by Crippen LogP contribution is -2.17. The minimum absolute atomic E-state index is 0.0461. The van der Waals surface area contributed by atoms with Crippen LogP contribution in [0.15, 0.2) is 35.2 Å². The van der Waals surface area contributed by atoms with Crippen molar-refractivity contribution in [1.29, 1.82) is 0 Å². The molecule has 11 heteroatoms. The first-order chi connectivity index (χ1) is 13.1. The number of aromatic nitrogens is 2. The van der Waals surface area contributed by atoms with E-state index in [-0.39, 0.29) is 28.1 Å². The number of sulfone groups is 1. The summed E-state index contributed by atoms with van der Waals surface area (Å²) in [6, 6.07) is 6.98. The maximum atomic E-state index is 12.6. The number of primary sulfonamides is 1. The van der Waals surface area contributed by atoms with E-state index >= 15 is 0 Å². The van der Waals surface area contributed by atoms with E-state index in [0.29, 0.717) is 18.0 Å². The smallest absolute Gasteiger partial charge is 0.276 e. The van der Waals surface area contributed by atoms with E-state index in [4.69, 9.17) is 5.14 Å². The van der Waals surface area contributed by atoms with Gasteiger partial charge >= 0.3 is 0 Å². The van der Waals surface area contributed by atoms with Crippen LogP contribution in [0.1, 0.15) is 47.4 Å². The first-order valence-corrected chi connectivity index (χ1v) is 12.2. The second-order valence-electron chi connectivity index (χ2n) is 7.25. The average molecular weight is 425 g/mol. The number of amides is 1. The molecule has 1 aliphatic carbocycles. The summed E-state index contributed by atoms with van der Waals surface area (Å²) in [6.07, 6.45) is 2.50. The predicted octanol–water partition coefficient (Wildman–Crippen LogP) is 1.02. The Morgan fingerprint density at radius 2 is 1.86 bits per heavy atom. The quantitative estimate of drug-likeness (QED) is 0.734. The topological polar surface area (TPSA) is 141 Å². The molecule has 1 saturated carbocycles. The molecule has 0 radical (unpaired) electrons. The van der Waals surface area contributed by atoms with Gasteiger partial charge in [0, 0.05) is 17.3 Å². The number of carbonyl (C=O) groups is 1. The summed E-state index contributed by atoms with van der Waals surface area (Å²) >= 11 is 0. The Morgan fingerprint density at radius 1 is 1.18 bits per heavy atom. The fraction of sp³-hybridized carbons (Fsp3) is 0.412. The predicted molar refractivity (Wildman–Crippen MR) is 102 cm³/mol. The van der Waals surface area contributed by atoms with Crippen LogP contribution in [0, 0.1) is 0 Å². The number of carbonyl (C=O) groups excluding carboxylic acids is 1. The molecule has 3 N–H and O–H groups in total. The van der Waals surface area contributed by atoms with Crippen molar-refractivity contribution in [2.24, 2.45) is 5.14 Å². The van der Waals surface area contributed by atoms with E-state index in [1.807, 2.05) is 0 Å². The van der Waals surface area contributed by atoms with Gasteiger partial charge in [-0.25, -0.2) is 22.0 Å². The van der Waals surface area contributed by atoms with Gasteiger partial charge in [-0.05, 0) is 49.6 Å². The van der Waals surface area contributed by atoms with Gasteiger partial charge < -0.3 is 5.32 Å². The number of hydrogen-bond donors (Lipinski definition) is 2. The molecule has 1 amide bonds. The van der Waals surface area contributed by atoms with Gasteiger partial charge in [0.05, 0.1) is 22.4 Å². The fourth-order valence-electron chi connectivity index (χ4n) is 3.39. The Bertz CT molecular complexity index is 1130. The number of nitrogens with zero attached hydrogens (tertiary/aromatic N) is 2. The number of nitrogens with two attached hydrogens (primary N) is 1. The molecule has 2 aliphatic rings. The molecular weight excluding hydrogens is 404 g/mol. The summed E-state index contributed by atoms with van der Waals surface area (Å²) in [6.45, 7) is 0. The fourth-order valence-corrected chi connectivity index (χ4v) is 5.60. The van der Waals surface area contributed by atoms with Crippen molar-refractivity contribution in [3.63, 3.8) is 0 Å². The second kappa shape index (κ2) is 6.68. The summed E-state index contributed by atoms with van der Waals surface area (Å²) in [5.74, 6) is 0.0561. The van der Waals surface area contributed by atoms with Gasteiger partial charge in [0.1, 0.15) is 0 Å². The SMILES string of the molecule is NS(=O)(=O)c1ccc(NC(=O)c2cc(C3CC3)n(C3CCS(=O)(=O)C3)n2)cc1. The van der Waals surface area contributed by atoms with E-state index in [1.165, 1.54) is 24.3 Å².